The van der Waals surface area contributed by atoms with Crippen molar-refractivity contribution >= 4 is 29.9 Å². The maximum absolute atomic E-state index is 5.57. The number of guanidine groups is 1. The lowest BCUT2D eigenvalue weighted by atomic mass is 10.0. The SMILES string of the molecule is CCOCCC1(CNC(=NC)NCC(c2ccc(OC)cc2)N2CCCCC2)CC1.I. The van der Waals surface area contributed by atoms with E-state index in [0.29, 0.717) is 11.5 Å². The second kappa shape index (κ2) is 13.5. The number of nitrogens with zero attached hydrogens (tertiary/aromatic N) is 2. The lowest BCUT2D eigenvalue weighted by molar-refractivity contribution is 0.128. The number of aliphatic imine (C=N–C) groups is 1. The summed E-state index contributed by atoms with van der Waals surface area (Å²) in [5.74, 6) is 1.80. The van der Waals surface area contributed by atoms with E-state index in [0.717, 1.165) is 57.5 Å². The molecule has 1 aromatic carbocycles. The zero-order valence-electron chi connectivity index (χ0n) is 19.5. The molecular weight excluding hydrogens is 503 g/mol. The fraction of sp³-hybridized carbons (Fsp3) is 0.708. The quantitative estimate of drug-likeness (QED) is 0.189. The number of ether oxygens (including phenoxy) is 2. The molecule has 1 aliphatic carbocycles. The van der Waals surface area contributed by atoms with Crippen LogP contribution in [0.2, 0.25) is 0 Å². The first kappa shape index (κ1) is 26.2. The van der Waals surface area contributed by atoms with Crippen LogP contribution in [0.25, 0.3) is 0 Å². The summed E-state index contributed by atoms with van der Waals surface area (Å²) in [6, 6.07) is 8.86. The van der Waals surface area contributed by atoms with Gasteiger partial charge >= 0.3 is 0 Å². The topological polar surface area (TPSA) is 58.1 Å². The number of hydrogen-bond acceptors (Lipinski definition) is 4. The second-order valence-electron chi connectivity index (χ2n) is 8.64. The summed E-state index contributed by atoms with van der Waals surface area (Å²) in [7, 11) is 3.58. The van der Waals surface area contributed by atoms with Crippen LogP contribution in [-0.2, 0) is 4.74 Å². The third-order valence-corrected chi connectivity index (χ3v) is 6.59. The van der Waals surface area contributed by atoms with Gasteiger partial charge in [-0.1, -0.05) is 18.6 Å². The molecule has 0 bridgehead atoms. The minimum Gasteiger partial charge on any atom is -0.497 e. The summed E-state index contributed by atoms with van der Waals surface area (Å²) < 4.78 is 10.9. The number of halogens is 1. The molecule has 0 spiro atoms. The number of rotatable bonds is 11. The average molecular weight is 545 g/mol. The number of piperidine rings is 1. The average Bonchev–Trinajstić information content (AvgIpc) is 3.57. The Kier molecular flexibility index (Phi) is 11.4. The van der Waals surface area contributed by atoms with Crippen molar-refractivity contribution in [1.29, 1.82) is 0 Å². The molecule has 1 heterocycles. The van der Waals surface area contributed by atoms with Crippen LogP contribution in [0.4, 0.5) is 0 Å². The third kappa shape index (κ3) is 8.09. The molecule has 2 fully saturated rings. The first-order valence-corrected chi connectivity index (χ1v) is 11.6. The Bertz CT molecular complexity index is 658. The van der Waals surface area contributed by atoms with E-state index < -0.39 is 0 Å². The van der Waals surface area contributed by atoms with Gasteiger partial charge in [-0.2, -0.15) is 0 Å². The van der Waals surface area contributed by atoms with Crippen LogP contribution in [0.3, 0.4) is 0 Å². The molecule has 0 aromatic heterocycles. The number of hydrogen-bond donors (Lipinski definition) is 2. The van der Waals surface area contributed by atoms with E-state index in [1.54, 1.807) is 7.11 Å². The Hall–Kier alpha value is -1.06. The predicted molar refractivity (Wildman–Crippen MR) is 139 cm³/mol. The van der Waals surface area contributed by atoms with Crippen molar-refractivity contribution in [3.63, 3.8) is 0 Å². The van der Waals surface area contributed by atoms with E-state index in [2.05, 4.69) is 51.7 Å². The van der Waals surface area contributed by atoms with Gasteiger partial charge in [0.2, 0.25) is 0 Å². The van der Waals surface area contributed by atoms with Crippen LogP contribution in [0, 0.1) is 5.41 Å². The molecule has 176 valence electrons. The maximum Gasteiger partial charge on any atom is 0.191 e. The Morgan fingerprint density at radius 3 is 2.42 bits per heavy atom. The van der Waals surface area contributed by atoms with Crippen LogP contribution in [0.5, 0.6) is 5.75 Å². The standard InChI is InChI=1S/C24H40N4O2.HI/c1-4-30-17-14-24(12-13-24)19-27-23(25-2)26-18-22(28-15-6-5-7-16-28)20-8-10-21(29-3)11-9-20;/h8-11,22H,4-7,12-19H2,1-3H3,(H2,25,26,27);1H. The Morgan fingerprint density at radius 1 is 1.13 bits per heavy atom. The van der Waals surface area contributed by atoms with E-state index in [1.807, 2.05) is 7.05 Å². The van der Waals surface area contributed by atoms with Gasteiger partial charge in [0, 0.05) is 33.4 Å². The summed E-state index contributed by atoms with van der Waals surface area (Å²) >= 11 is 0. The Morgan fingerprint density at radius 2 is 1.84 bits per heavy atom. The first-order valence-electron chi connectivity index (χ1n) is 11.6. The highest BCUT2D eigenvalue weighted by Gasteiger charge is 2.42. The molecule has 31 heavy (non-hydrogen) atoms. The van der Waals surface area contributed by atoms with Crippen molar-refractivity contribution in [2.45, 2.75) is 51.5 Å². The molecule has 2 aliphatic rings. The zero-order chi connectivity index (χ0) is 21.2. The van der Waals surface area contributed by atoms with Crippen molar-refractivity contribution in [2.75, 3.05) is 53.6 Å². The van der Waals surface area contributed by atoms with Gasteiger partial charge in [-0.15, -0.1) is 24.0 Å². The molecule has 0 radical (unpaired) electrons. The first-order chi connectivity index (χ1) is 14.7. The summed E-state index contributed by atoms with van der Waals surface area (Å²) in [5, 5.41) is 7.17. The van der Waals surface area contributed by atoms with Crippen LogP contribution in [0.1, 0.15) is 57.1 Å². The monoisotopic (exact) mass is 544 g/mol. The van der Waals surface area contributed by atoms with Gasteiger partial charge in [-0.05, 0) is 75.2 Å². The van der Waals surface area contributed by atoms with Gasteiger partial charge in [0.25, 0.3) is 0 Å². The second-order valence-corrected chi connectivity index (χ2v) is 8.64. The highest BCUT2D eigenvalue weighted by molar-refractivity contribution is 14.0. The van der Waals surface area contributed by atoms with E-state index in [9.17, 15) is 0 Å². The number of nitrogens with one attached hydrogen (secondary N) is 2. The molecule has 1 unspecified atom stereocenters. The smallest absolute Gasteiger partial charge is 0.191 e. The lowest BCUT2D eigenvalue weighted by Crippen LogP contribution is -2.45. The lowest BCUT2D eigenvalue weighted by Gasteiger charge is -2.35. The van der Waals surface area contributed by atoms with Crippen LogP contribution < -0.4 is 15.4 Å². The van der Waals surface area contributed by atoms with Gasteiger partial charge in [-0.3, -0.25) is 9.89 Å². The molecule has 7 heteroatoms. The number of methoxy groups -OCH3 is 1. The van der Waals surface area contributed by atoms with E-state index in [4.69, 9.17) is 9.47 Å². The number of benzene rings is 1. The maximum atomic E-state index is 5.57. The molecule has 6 nitrogen and oxygen atoms in total. The van der Waals surface area contributed by atoms with Crippen LogP contribution >= 0.6 is 24.0 Å². The van der Waals surface area contributed by atoms with Gasteiger partial charge in [0.15, 0.2) is 5.96 Å². The van der Waals surface area contributed by atoms with Crippen molar-refractivity contribution in [2.24, 2.45) is 10.4 Å². The zero-order valence-corrected chi connectivity index (χ0v) is 21.8. The molecular formula is C24H41IN4O2. The third-order valence-electron chi connectivity index (χ3n) is 6.59. The minimum atomic E-state index is 0. The van der Waals surface area contributed by atoms with Crippen molar-refractivity contribution in [3.8, 4) is 5.75 Å². The summed E-state index contributed by atoms with van der Waals surface area (Å²) in [6.45, 7) is 7.85. The normalized spacial score (nSPS) is 19.3. The molecule has 2 N–H and O–H groups in total. The molecule has 1 aliphatic heterocycles. The highest BCUT2D eigenvalue weighted by Crippen LogP contribution is 2.48. The summed E-state index contributed by atoms with van der Waals surface area (Å²) in [5.41, 5.74) is 1.73. The molecule has 1 atom stereocenters. The number of likely N-dealkylation sites (tertiary alicyclic amines) is 1. The van der Waals surface area contributed by atoms with Gasteiger partial charge < -0.3 is 20.1 Å². The largest absolute Gasteiger partial charge is 0.497 e. The minimum absolute atomic E-state index is 0. The van der Waals surface area contributed by atoms with Crippen molar-refractivity contribution in [1.82, 2.24) is 15.5 Å². The molecule has 3 rings (SSSR count). The van der Waals surface area contributed by atoms with Crippen molar-refractivity contribution < 1.29 is 9.47 Å². The molecule has 1 saturated carbocycles. The van der Waals surface area contributed by atoms with Gasteiger partial charge in [0.1, 0.15) is 5.75 Å². The Labute approximate surface area is 205 Å². The van der Waals surface area contributed by atoms with Gasteiger partial charge in [0.05, 0.1) is 13.2 Å². The fourth-order valence-electron chi connectivity index (χ4n) is 4.32. The van der Waals surface area contributed by atoms with E-state index in [-0.39, 0.29) is 24.0 Å². The van der Waals surface area contributed by atoms with Crippen LogP contribution in [-0.4, -0.2) is 64.4 Å². The predicted octanol–water partition coefficient (Wildman–Crippen LogP) is 4.21. The fourth-order valence-corrected chi connectivity index (χ4v) is 4.32. The van der Waals surface area contributed by atoms with E-state index in [1.165, 1.54) is 37.7 Å². The van der Waals surface area contributed by atoms with E-state index >= 15 is 0 Å². The molecule has 0 amide bonds. The van der Waals surface area contributed by atoms with Crippen LogP contribution in [0.15, 0.2) is 29.3 Å². The molecule has 1 saturated heterocycles. The highest BCUT2D eigenvalue weighted by atomic mass is 127. The summed E-state index contributed by atoms with van der Waals surface area (Å²) in [4.78, 5) is 7.09. The van der Waals surface area contributed by atoms with Crippen molar-refractivity contribution in [3.05, 3.63) is 29.8 Å². The van der Waals surface area contributed by atoms with Gasteiger partial charge in [-0.25, -0.2) is 0 Å². The Balaban J connectivity index is 0.00000341. The molecule has 1 aromatic rings. The summed E-state index contributed by atoms with van der Waals surface area (Å²) in [6.07, 6.45) is 7.60.